The Balaban J connectivity index is 2.62. The summed E-state index contributed by atoms with van der Waals surface area (Å²) in [7, 11) is 3.31. The van der Waals surface area contributed by atoms with E-state index < -0.39 is 11.9 Å². The molecule has 0 saturated heterocycles. The van der Waals surface area contributed by atoms with Crippen molar-refractivity contribution in [2.24, 2.45) is 0 Å². The van der Waals surface area contributed by atoms with Gasteiger partial charge in [-0.15, -0.1) is 0 Å². The van der Waals surface area contributed by atoms with Crippen molar-refractivity contribution < 1.29 is 24.5 Å². The van der Waals surface area contributed by atoms with Crippen LogP contribution in [0.5, 0.6) is 5.75 Å². The van der Waals surface area contributed by atoms with E-state index in [1.807, 2.05) is 18.2 Å². The lowest BCUT2D eigenvalue weighted by Crippen LogP contribution is -2.25. The quantitative estimate of drug-likeness (QED) is 0.549. The van der Waals surface area contributed by atoms with Crippen LogP contribution < -0.4 is 10.1 Å². The highest BCUT2D eigenvalue weighted by atomic mass is 16.5. The number of nitrogens with one attached hydrogen (secondary N) is 1. The second kappa shape index (κ2) is 9.01. The van der Waals surface area contributed by atoms with E-state index >= 15 is 0 Å². The first-order valence-corrected chi connectivity index (χ1v) is 6.91. The molecular formula is C15H22N2O5. The van der Waals surface area contributed by atoms with Gasteiger partial charge in [-0.25, -0.2) is 0 Å². The lowest BCUT2D eigenvalue weighted by atomic mass is 10.1. The molecule has 0 heterocycles. The minimum Gasteiger partial charge on any atom is -0.496 e. The first-order chi connectivity index (χ1) is 10.4. The summed E-state index contributed by atoms with van der Waals surface area (Å²) >= 11 is 0. The Hall–Kier alpha value is -2.12. The minimum absolute atomic E-state index is 0.0270. The van der Waals surface area contributed by atoms with Crippen molar-refractivity contribution in [1.29, 1.82) is 0 Å². The summed E-state index contributed by atoms with van der Waals surface area (Å²) < 4.78 is 5.34. The number of aliphatic carboxylic acids is 2. The van der Waals surface area contributed by atoms with Gasteiger partial charge >= 0.3 is 11.9 Å². The Morgan fingerprint density at radius 1 is 1.27 bits per heavy atom. The summed E-state index contributed by atoms with van der Waals surface area (Å²) in [6, 6.07) is 5.68. The fourth-order valence-electron chi connectivity index (χ4n) is 2.05. The summed E-state index contributed by atoms with van der Waals surface area (Å²) in [5, 5.41) is 20.4. The number of benzene rings is 1. The lowest BCUT2D eigenvalue weighted by Gasteiger charge is -2.16. The molecule has 1 aromatic rings. The van der Waals surface area contributed by atoms with Crippen LogP contribution in [0.1, 0.15) is 17.5 Å². The van der Waals surface area contributed by atoms with Crippen LogP contribution in [0.2, 0.25) is 0 Å². The highest BCUT2D eigenvalue weighted by Gasteiger charge is 2.08. The number of likely N-dealkylation sites (N-methyl/N-ethyl adjacent to an activating group) is 1. The molecule has 0 aliphatic rings. The van der Waals surface area contributed by atoms with E-state index in [1.165, 1.54) is 0 Å². The van der Waals surface area contributed by atoms with Crippen molar-refractivity contribution in [2.45, 2.75) is 19.5 Å². The molecule has 7 nitrogen and oxygen atoms in total. The highest BCUT2D eigenvalue weighted by Crippen LogP contribution is 2.21. The minimum atomic E-state index is -0.867. The number of carboxylic acid groups (broad SMARTS) is 2. The number of rotatable bonds is 10. The molecule has 0 atom stereocenters. The van der Waals surface area contributed by atoms with E-state index in [-0.39, 0.29) is 13.0 Å². The van der Waals surface area contributed by atoms with Crippen LogP contribution in [0.25, 0.3) is 0 Å². The van der Waals surface area contributed by atoms with E-state index in [0.29, 0.717) is 25.4 Å². The Bertz CT molecular complexity index is 519. The van der Waals surface area contributed by atoms with Gasteiger partial charge < -0.3 is 20.3 Å². The smallest absolute Gasteiger partial charge is 0.317 e. The second-order valence-electron chi connectivity index (χ2n) is 5.03. The zero-order valence-electron chi connectivity index (χ0n) is 12.8. The Labute approximate surface area is 129 Å². The normalized spacial score (nSPS) is 10.7. The maximum absolute atomic E-state index is 10.7. The zero-order valence-corrected chi connectivity index (χ0v) is 12.8. The van der Waals surface area contributed by atoms with Gasteiger partial charge in [-0.3, -0.25) is 14.5 Å². The van der Waals surface area contributed by atoms with Crippen molar-refractivity contribution in [1.82, 2.24) is 10.2 Å². The van der Waals surface area contributed by atoms with Gasteiger partial charge in [-0.05, 0) is 18.7 Å². The molecule has 7 heteroatoms. The van der Waals surface area contributed by atoms with Crippen molar-refractivity contribution in [3.8, 4) is 5.75 Å². The van der Waals surface area contributed by atoms with E-state index in [4.69, 9.17) is 14.9 Å². The van der Waals surface area contributed by atoms with Gasteiger partial charge in [0.1, 0.15) is 5.75 Å². The summed E-state index contributed by atoms with van der Waals surface area (Å²) in [5.74, 6) is -1.01. The molecule has 1 aromatic carbocycles. The Kier molecular flexibility index (Phi) is 7.34. The van der Waals surface area contributed by atoms with Crippen LogP contribution in [-0.2, 0) is 22.7 Å². The number of methoxy groups -OCH3 is 1. The summed E-state index contributed by atoms with van der Waals surface area (Å²) in [4.78, 5) is 22.8. The van der Waals surface area contributed by atoms with Crippen LogP contribution in [0.4, 0.5) is 0 Å². The fourth-order valence-corrected chi connectivity index (χ4v) is 2.05. The average Bonchev–Trinajstić information content (AvgIpc) is 2.43. The first kappa shape index (κ1) is 17.9. The highest BCUT2D eigenvalue weighted by molar-refractivity contribution is 5.69. The van der Waals surface area contributed by atoms with Crippen molar-refractivity contribution >= 4 is 11.9 Å². The maximum Gasteiger partial charge on any atom is 0.317 e. The average molecular weight is 310 g/mol. The van der Waals surface area contributed by atoms with Crippen molar-refractivity contribution in [2.75, 3.05) is 27.2 Å². The number of carboxylic acids is 2. The summed E-state index contributed by atoms with van der Waals surface area (Å²) in [5.41, 5.74) is 1.88. The van der Waals surface area contributed by atoms with Crippen LogP contribution in [0.3, 0.4) is 0 Å². The molecule has 1 rings (SSSR count). The van der Waals surface area contributed by atoms with Gasteiger partial charge in [-0.1, -0.05) is 12.1 Å². The molecule has 122 valence electrons. The number of ether oxygens (including phenoxy) is 1. The van der Waals surface area contributed by atoms with Gasteiger partial charge in [0.25, 0.3) is 0 Å². The van der Waals surface area contributed by atoms with E-state index in [2.05, 4.69) is 5.32 Å². The molecule has 0 spiro atoms. The Morgan fingerprint density at radius 3 is 2.59 bits per heavy atom. The van der Waals surface area contributed by atoms with Gasteiger partial charge in [0.15, 0.2) is 0 Å². The maximum atomic E-state index is 10.7. The fraction of sp³-hybridized carbons (Fsp3) is 0.467. The van der Waals surface area contributed by atoms with Gasteiger partial charge in [0, 0.05) is 25.2 Å². The number of nitrogens with zero attached hydrogens (tertiary/aromatic N) is 1. The van der Waals surface area contributed by atoms with Crippen LogP contribution in [-0.4, -0.2) is 54.3 Å². The van der Waals surface area contributed by atoms with E-state index in [0.717, 1.165) is 11.1 Å². The van der Waals surface area contributed by atoms with Gasteiger partial charge in [-0.2, -0.15) is 0 Å². The summed E-state index contributed by atoms with van der Waals surface area (Å²) in [6.07, 6.45) is 0.0698. The third kappa shape index (κ3) is 6.55. The zero-order chi connectivity index (χ0) is 16.5. The van der Waals surface area contributed by atoms with Gasteiger partial charge in [0.05, 0.1) is 20.1 Å². The SMILES string of the molecule is COc1cc(CN(C)CC(=O)O)ccc1CNCCC(=O)O. The molecule has 0 radical (unpaired) electrons. The lowest BCUT2D eigenvalue weighted by molar-refractivity contribution is -0.138. The van der Waals surface area contributed by atoms with Crippen molar-refractivity contribution in [3.63, 3.8) is 0 Å². The predicted molar refractivity (Wildman–Crippen MR) is 80.9 cm³/mol. The van der Waals surface area contributed by atoms with Crippen LogP contribution >= 0.6 is 0 Å². The molecule has 0 saturated carbocycles. The standard InChI is InChI=1S/C15H22N2O5/c1-17(10-15(20)21)9-11-3-4-12(13(7-11)22-2)8-16-6-5-14(18)19/h3-4,7,16H,5-6,8-10H2,1-2H3,(H,18,19)(H,20,21). The molecule has 0 fully saturated rings. The molecule has 0 aliphatic heterocycles. The monoisotopic (exact) mass is 310 g/mol. The van der Waals surface area contributed by atoms with Crippen molar-refractivity contribution in [3.05, 3.63) is 29.3 Å². The molecule has 0 aromatic heterocycles. The number of hydrogen-bond acceptors (Lipinski definition) is 5. The first-order valence-electron chi connectivity index (χ1n) is 6.91. The largest absolute Gasteiger partial charge is 0.496 e. The topological polar surface area (TPSA) is 99.1 Å². The van der Waals surface area contributed by atoms with Crippen LogP contribution in [0, 0.1) is 0 Å². The van der Waals surface area contributed by atoms with Gasteiger partial charge in [0.2, 0.25) is 0 Å². The third-order valence-corrected chi connectivity index (χ3v) is 3.04. The van der Waals surface area contributed by atoms with Crippen LogP contribution in [0.15, 0.2) is 18.2 Å². The number of hydrogen-bond donors (Lipinski definition) is 3. The molecule has 0 bridgehead atoms. The second-order valence-corrected chi connectivity index (χ2v) is 5.03. The molecule has 3 N–H and O–H groups in total. The Morgan fingerprint density at radius 2 is 2.00 bits per heavy atom. The molecule has 22 heavy (non-hydrogen) atoms. The molecular weight excluding hydrogens is 288 g/mol. The predicted octanol–water partition coefficient (Wildman–Crippen LogP) is 0.776. The third-order valence-electron chi connectivity index (χ3n) is 3.04. The molecule has 0 aliphatic carbocycles. The number of carbonyl (C=O) groups is 2. The molecule has 0 unspecified atom stereocenters. The summed E-state index contributed by atoms with van der Waals surface area (Å²) in [6.45, 7) is 1.39. The molecule has 0 amide bonds. The van der Waals surface area contributed by atoms with E-state index in [1.54, 1.807) is 19.1 Å². The van der Waals surface area contributed by atoms with E-state index in [9.17, 15) is 9.59 Å².